The van der Waals surface area contributed by atoms with Gasteiger partial charge < -0.3 is 20.5 Å². The molecule has 0 aromatic heterocycles. The molecule has 35 heavy (non-hydrogen) atoms. The predicted octanol–water partition coefficient (Wildman–Crippen LogP) is 4.70. The third kappa shape index (κ3) is 6.41. The number of aliphatic carboxylic acids is 1. The minimum atomic E-state index is -0.866. The molecule has 4 rings (SSSR count). The number of hydrogen-bond acceptors (Lipinski definition) is 4. The van der Waals surface area contributed by atoms with Crippen molar-refractivity contribution in [3.8, 4) is 11.1 Å². The summed E-state index contributed by atoms with van der Waals surface area (Å²) in [6, 6.07) is 16.3. The van der Waals surface area contributed by atoms with Gasteiger partial charge in [0.15, 0.2) is 0 Å². The number of carboxylic acids is 1. The molecule has 0 saturated heterocycles. The van der Waals surface area contributed by atoms with Crippen molar-refractivity contribution in [2.75, 3.05) is 13.2 Å². The van der Waals surface area contributed by atoms with Gasteiger partial charge in [-0.05, 0) is 54.9 Å². The van der Waals surface area contributed by atoms with E-state index in [2.05, 4.69) is 34.9 Å². The monoisotopic (exact) mass is 478 g/mol. The zero-order chi connectivity index (χ0) is 25.0. The molecular formula is C28H34N2O5. The maximum atomic E-state index is 12.6. The fraction of sp³-hybridized carbons (Fsp3) is 0.464. The Balaban J connectivity index is 1.23. The molecule has 186 valence electrons. The summed E-state index contributed by atoms with van der Waals surface area (Å²) in [5.41, 5.74) is 3.99. The quantitative estimate of drug-likeness (QED) is 0.434. The van der Waals surface area contributed by atoms with Crippen molar-refractivity contribution in [1.29, 1.82) is 0 Å². The average Bonchev–Trinajstić information content (AvgIpc) is 3.59. The summed E-state index contributed by atoms with van der Waals surface area (Å²) >= 11 is 0. The molecule has 3 N–H and O–H groups in total. The van der Waals surface area contributed by atoms with Gasteiger partial charge in [-0.2, -0.15) is 0 Å². The number of carboxylic acid groups (broad SMARTS) is 1. The van der Waals surface area contributed by atoms with Crippen LogP contribution in [0.25, 0.3) is 11.1 Å². The molecule has 1 unspecified atom stereocenters. The summed E-state index contributed by atoms with van der Waals surface area (Å²) in [5, 5.41) is 15.0. The summed E-state index contributed by atoms with van der Waals surface area (Å²) < 4.78 is 5.61. The fourth-order valence-corrected chi connectivity index (χ4v) is 4.75. The van der Waals surface area contributed by atoms with E-state index in [1.165, 1.54) is 11.1 Å². The van der Waals surface area contributed by atoms with Crippen LogP contribution in [0.2, 0.25) is 0 Å². The first kappa shape index (κ1) is 24.8. The van der Waals surface area contributed by atoms with Crippen LogP contribution in [0.4, 0.5) is 4.79 Å². The molecule has 2 aliphatic carbocycles. The van der Waals surface area contributed by atoms with E-state index in [4.69, 9.17) is 4.74 Å². The van der Waals surface area contributed by atoms with Gasteiger partial charge in [0.2, 0.25) is 5.91 Å². The van der Waals surface area contributed by atoms with E-state index in [-0.39, 0.29) is 31.4 Å². The first-order valence-electron chi connectivity index (χ1n) is 12.4. The lowest BCUT2D eigenvalue weighted by molar-refractivity contribution is -0.142. The number of hydrogen-bond donors (Lipinski definition) is 3. The van der Waals surface area contributed by atoms with Gasteiger partial charge in [-0.15, -0.1) is 0 Å². The Morgan fingerprint density at radius 1 is 1.03 bits per heavy atom. The average molecular weight is 479 g/mol. The van der Waals surface area contributed by atoms with E-state index in [0.29, 0.717) is 18.8 Å². The van der Waals surface area contributed by atoms with Gasteiger partial charge in [-0.1, -0.05) is 61.4 Å². The number of amides is 2. The van der Waals surface area contributed by atoms with E-state index in [0.717, 1.165) is 24.0 Å². The molecule has 2 aromatic carbocycles. The number of rotatable bonds is 11. The summed E-state index contributed by atoms with van der Waals surface area (Å²) in [4.78, 5) is 36.3. The smallest absolute Gasteiger partial charge is 0.407 e. The van der Waals surface area contributed by atoms with Crippen LogP contribution in [0.5, 0.6) is 0 Å². The van der Waals surface area contributed by atoms with Gasteiger partial charge in [-0.25, -0.2) is 4.79 Å². The Labute approximate surface area is 206 Å². The number of ether oxygens (including phenoxy) is 1. The molecule has 0 heterocycles. The maximum absolute atomic E-state index is 12.6. The van der Waals surface area contributed by atoms with Crippen LogP contribution in [-0.4, -0.2) is 41.8 Å². The highest BCUT2D eigenvalue weighted by atomic mass is 16.5. The summed E-state index contributed by atoms with van der Waals surface area (Å²) in [6.07, 6.45) is 2.84. The number of fused-ring (bicyclic) bond motifs is 3. The van der Waals surface area contributed by atoms with Crippen LogP contribution in [0.3, 0.4) is 0 Å². The second kappa shape index (κ2) is 10.5. The number of carbonyl (C=O) groups is 3. The molecule has 1 atom stereocenters. The molecule has 7 nitrogen and oxygen atoms in total. The Bertz CT molecular complexity index is 1050. The van der Waals surface area contributed by atoms with E-state index in [1.807, 2.05) is 38.1 Å². The van der Waals surface area contributed by atoms with Crippen molar-refractivity contribution in [2.45, 2.75) is 57.4 Å². The van der Waals surface area contributed by atoms with Crippen LogP contribution in [-0.2, 0) is 14.3 Å². The predicted molar refractivity (Wildman–Crippen MR) is 133 cm³/mol. The summed E-state index contributed by atoms with van der Waals surface area (Å²) in [7, 11) is 0. The van der Waals surface area contributed by atoms with E-state index < -0.39 is 23.5 Å². The SMILES string of the molecule is CC(C)(CCC(=O)NCC(CC1CC1)C(=O)O)NC(=O)OCC1c2ccccc2-c2ccccc21. The third-order valence-electron chi connectivity index (χ3n) is 6.97. The Morgan fingerprint density at radius 3 is 2.20 bits per heavy atom. The maximum Gasteiger partial charge on any atom is 0.407 e. The van der Waals surface area contributed by atoms with E-state index >= 15 is 0 Å². The highest BCUT2D eigenvalue weighted by molar-refractivity contribution is 5.79. The van der Waals surface area contributed by atoms with Crippen molar-refractivity contribution in [3.05, 3.63) is 59.7 Å². The topological polar surface area (TPSA) is 105 Å². The molecule has 2 amide bonds. The highest BCUT2D eigenvalue weighted by Gasteiger charge is 2.31. The second-order valence-corrected chi connectivity index (χ2v) is 10.4. The molecule has 7 heteroatoms. The molecule has 2 aromatic rings. The van der Waals surface area contributed by atoms with E-state index in [9.17, 15) is 19.5 Å². The molecule has 0 spiro atoms. The second-order valence-electron chi connectivity index (χ2n) is 10.4. The number of carbonyl (C=O) groups excluding carboxylic acids is 2. The van der Waals surface area contributed by atoms with Crippen LogP contribution in [0.1, 0.15) is 63.0 Å². The number of alkyl carbamates (subject to hydrolysis) is 1. The fourth-order valence-electron chi connectivity index (χ4n) is 4.75. The number of benzene rings is 2. The van der Waals surface area contributed by atoms with Gasteiger partial charge in [-0.3, -0.25) is 9.59 Å². The Kier molecular flexibility index (Phi) is 7.43. The summed E-state index contributed by atoms with van der Waals surface area (Å²) in [6.45, 7) is 4.06. The summed E-state index contributed by atoms with van der Waals surface area (Å²) in [5.74, 6) is -1.16. The van der Waals surface area contributed by atoms with Gasteiger partial charge in [0.05, 0.1) is 5.92 Å². The molecule has 2 aliphatic rings. The van der Waals surface area contributed by atoms with Crippen molar-refractivity contribution in [1.82, 2.24) is 10.6 Å². The largest absolute Gasteiger partial charge is 0.481 e. The number of nitrogens with one attached hydrogen (secondary N) is 2. The van der Waals surface area contributed by atoms with Gasteiger partial charge >= 0.3 is 12.1 Å². The molecule has 0 aliphatic heterocycles. The molecule has 1 saturated carbocycles. The van der Waals surface area contributed by atoms with E-state index in [1.54, 1.807) is 0 Å². The lowest BCUT2D eigenvalue weighted by Gasteiger charge is -2.26. The first-order valence-corrected chi connectivity index (χ1v) is 12.4. The van der Waals surface area contributed by atoms with Crippen LogP contribution in [0, 0.1) is 11.8 Å². The van der Waals surface area contributed by atoms with Gasteiger partial charge in [0, 0.05) is 24.4 Å². The Hall–Kier alpha value is -3.35. The van der Waals surface area contributed by atoms with Crippen molar-refractivity contribution >= 4 is 18.0 Å². The third-order valence-corrected chi connectivity index (χ3v) is 6.97. The van der Waals surface area contributed by atoms with Gasteiger partial charge in [0.25, 0.3) is 0 Å². The van der Waals surface area contributed by atoms with Crippen molar-refractivity contribution < 1.29 is 24.2 Å². The van der Waals surface area contributed by atoms with Crippen molar-refractivity contribution in [2.24, 2.45) is 11.8 Å². The minimum Gasteiger partial charge on any atom is -0.481 e. The molecular weight excluding hydrogens is 444 g/mol. The molecule has 1 fully saturated rings. The zero-order valence-corrected chi connectivity index (χ0v) is 20.4. The highest BCUT2D eigenvalue weighted by Crippen LogP contribution is 2.44. The van der Waals surface area contributed by atoms with Crippen LogP contribution in [0.15, 0.2) is 48.5 Å². The van der Waals surface area contributed by atoms with Crippen LogP contribution >= 0.6 is 0 Å². The van der Waals surface area contributed by atoms with Gasteiger partial charge in [0.1, 0.15) is 6.61 Å². The Morgan fingerprint density at radius 2 is 1.63 bits per heavy atom. The molecule has 0 radical (unpaired) electrons. The zero-order valence-electron chi connectivity index (χ0n) is 20.4. The lowest BCUT2D eigenvalue weighted by atomic mass is 9.97. The standard InChI is InChI=1S/C28H34N2O5/c1-28(2,14-13-25(31)29-16-19(26(32)33)15-18-11-12-18)30-27(34)35-17-24-22-9-5-3-7-20(22)21-8-4-6-10-23(21)24/h3-10,18-19,24H,11-17H2,1-2H3,(H,29,31)(H,30,34)(H,32,33). The lowest BCUT2D eigenvalue weighted by Crippen LogP contribution is -2.45. The van der Waals surface area contributed by atoms with Crippen molar-refractivity contribution in [3.63, 3.8) is 0 Å². The minimum absolute atomic E-state index is 0.0140. The molecule has 0 bridgehead atoms. The van der Waals surface area contributed by atoms with Crippen LogP contribution < -0.4 is 10.6 Å². The first-order chi connectivity index (χ1) is 16.7. The normalized spacial score (nSPS) is 15.6.